The largest absolute Gasteiger partial charge is 0.481 e. The highest BCUT2D eigenvalue weighted by atomic mass is 16.4. The molecule has 0 aliphatic heterocycles. The van der Waals surface area contributed by atoms with Gasteiger partial charge in [-0.25, -0.2) is 9.78 Å². The van der Waals surface area contributed by atoms with Gasteiger partial charge < -0.3 is 31.7 Å². The SMILES string of the molecule is C#CCN(Cc1ccc2nc(N)[nH]c(=O)c2c1)c1ccc(C(=O)N(C(=O)CC[C@H](N)C(=O)O)[C@H](CCC(=O)O)C(=O)O)cc1. The molecule has 3 aromatic rings. The third-order valence-corrected chi connectivity index (χ3v) is 6.63. The van der Waals surface area contributed by atoms with Crippen LogP contribution in [-0.2, 0) is 25.7 Å². The van der Waals surface area contributed by atoms with Crippen LogP contribution in [0, 0.1) is 12.3 Å². The van der Waals surface area contributed by atoms with Crippen LogP contribution < -0.4 is 21.9 Å². The molecule has 2 amide bonds. The summed E-state index contributed by atoms with van der Waals surface area (Å²) in [5.41, 5.74) is 12.2. The third-order valence-electron chi connectivity index (χ3n) is 6.63. The van der Waals surface area contributed by atoms with Crippen molar-refractivity contribution in [2.45, 2.75) is 44.3 Å². The number of imide groups is 1. The van der Waals surface area contributed by atoms with Gasteiger partial charge >= 0.3 is 17.9 Å². The van der Waals surface area contributed by atoms with Gasteiger partial charge in [-0.1, -0.05) is 12.0 Å². The standard InChI is InChI=1S/C29H30N6O9/c1-2-13-34(15-16-3-9-21-19(14-16)25(39)33-29(31)32-21)18-6-4-17(5-7-18)26(40)35(22(28(43)44)10-12-24(37)38)23(36)11-8-20(30)27(41)42/h1,3-7,9,14,20,22H,8,10-13,15,30H2,(H,37,38)(H,41,42)(H,43,44)(H3,31,32,33,39)/t20-,22+/m0/s1. The number of rotatable bonds is 14. The summed E-state index contributed by atoms with van der Waals surface area (Å²) in [5.74, 6) is -3.85. The average Bonchev–Trinajstić information content (AvgIpc) is 2.97. The molecule has 0 fully saturated rings. The Kier molecular flexibility index (Phi) is 10.7. The highest BCUT2D eigenvalue weighted by Crippen LogP contribution is 2.22. The number of fused-ring (bicyclic) bond motifs is 1. The Balaban J connectivity index is 1.90. The molecule has 0 aliphatic carbocycles. The van der Waals surface area contributed by atoms with Crippen molar-refractivity contribution >= 4 is 52.3 Å². The number of aliphatic carboxylic acids is 3. The monoisotopic (exact) mass is 606 g/mol. The van der Waals surface area contributed by atoms with E-state index >= 15 is 0 Å². The minimum absolute atomic E-state index is 0.0143. The Bertz CT molecular complexity index is 1680. The Morgan fingerprint density at radius 3 is 2.25 bits per heavy atom. The van der Waals surface area contributed by atoms with Crippen molar-refractivity contribution < 1.29 is 39.3 Å². The maximum absolute atomic E-state index is 13.5. The first-order valence-corrected chi connectivity index (χ1v) is 13.2. The fourth-order valence-corrected chi connectivity index (χ4v) is 4.40. The minimum Gasteiger partial charge on any atom is -0.481 e. The first kappa shape index (κ1) is 32.8. The lowest BCUT2D eigenvalue weighted by molar-refractivity contribution is -0.149. The number of nitrogens with one attached hydrogen (secondary N) is 1. The topological polar surface area (TPSA) is 250 Å². The summed E-state index contributed by atoms with van der Waals surface area (Å²) in [7, 11) is 0. The van der Waals surface area contributed by atoms with Crippen molar-refractivity contribution in [2.75, 3.05) is 17.2 Å². The molecule has 0 bridgehead atoms. The number of carbonyl (C=O) groups excluding carboxylic acids is 2. The van der Waals surface area contributed by atoms with Crippen LogP contribution in [-0.4, -0.2) is 78.5 Å². The summed E-state index contributed by atoms with van der Waals surface area (Å²) in [6.07, 6.45) is 3.40. The molecule has 1 aromatic heterocycles. The number of nitrogen functional groups attached to an aromatic ring is 1. The van der Waals surface area contributed by atoms with E-state index in [1.165, 1.54) is 24.3 Å². The normalized spacial score (nSPS) is 12.1. The van der Waals surface area contributed by atoms with Gasteiger partial charge in [0.15, 0.2) is 0 Å². The van der Waals surface area contributed by atoms with E-state index in [-0.39, 0.29) is 31.0 Å². The molecule has 15 nitrogen and oxygen atoms in total. The molecule has 0 saturated carbocycles. The number of carboxylic acids is 3. The number of anilines is 2. The van der Waals surface area contributed by atoms with Crippen molar-refractivity contribution in [2.24, 2.45) is 5.73 Å². The van der Waals surface area contributed by atoms with Crippen LogP contribution in [0.1, 0.15) is 41.6 Å². The molecule has 0 radical (unpaired) electrons. The predicted octanol–water partition coefficient (Wildman–Crippen LogP) is 0.624. The number of carbonyl (C=O) groups is 5. The number of carboxylic acid groups (broad SMARTS) is 3. The lowest BCUT2D eigenvalue weighted by atomic mass is 10.0. The summed E-state index contributed by atoms with van der Waals surface area (Å²) in [6.45, 7) is 0.383. The number of terminal acetylenes is 1. The van der Waals surface area contributed by atoms with Gasteiger partial charge in [-0.2, -0.15) is 0 Å². The highest BCUT2D eigenvalue weighted by molar-refractivity contribution is 6.07. The van der Waals surface area contributed by atoms with Crippen molar-refractivity contribution in [3.8, 4) is 12.3 Å². The van der Waals surface area contributed by atoms with Gasteiger partial charge in [-0.05, 0) is 54.8 Å². The van der Waals surface area contributed by atoms with E-state index in [4.69, 9.17) is 28.1 Å². The quantitative estimate of drug-likeness (QED) is 0.138. The fourth-order valence-electron chi connectivity index (χ4n) is 4.40. The van der Waals surface area contributed by atoms with Gasteiger partial charge in [-0.15, -0.1) is 6.42 Å². The number of nitrogens with two attached hydrogens (primary N) is 2. The zero-order valence-corrected chi connectivity index (χ0v) is 23.3. The van der Waals surface area contributed by atoms with Gasteiger partial charge in [-0.3, -0.25) is 33.9 Å². The van der Waals surface area contributed by atoms with Crippen LogP contribution in [0.3, 0.4) is 0 Å². The fraction of sp³-hybridized carbons (Fsp3) is 0.276. The van der Waals surface area contributed by atoms with Gasteiger partial charge in [0, 0.05) is 30.6 Å². The number of hydrogen-bond donors (Lipinski definition) is 6. The van der Waals surface area contributed by atoms with Crippen LogP contribution in [0.4, 0.5) is 11.6 Å². The molecule has 0 spiro atoms. The second-order valence-corrected chi connectivity index (χ2v) is 9.75. The van der Waals surface area contributed by atoms with Gasteiger partial charge in [0.1, 0.15) is 12.1 Å². The lowest BCUT2D eigenvalue weighted by Crippen LogP contribution is -2.49. The highest BCUT2D eigenvalue weighted by Gasteiger charge is 2.36. The first-order valence-electron chi connectivity index (χ1n) is 13.2. The minimum atomic E-state index is -1.83. The van der Waals surface area contributed by atoms with Gasteiger partial charge in [0.2, 0.25) is 11.9 Å². The van der Waals surface area contributed by atoms with E-state index in [1.807, 2.05) is 0 Å². The first-order chi connectivity index (χ1) is 20.8. The molecule has 0 saturated heterocycles. The van der Waals surface area contributed by atoms with Crippen molar-refractivity contribution in [3.05, 3.63) is 63.9 Å². The number of hydrogen-bond acceptors (Lipinski definition) is 10. The van der Waals surface area contributed by atoms with E-state index in [9.17, 15) is 33.9 Å². The van der Waals surface area contributed by atoms with E-state index < -0.39 is 66.6 Å². The maximum atomic E-state index is 13.5. The molecule has 0 unspecified atom stereocenters. The van der Waals surface area contributed by atoms with Crippen LogP contribution >= 0.6 is 0 Å². The zero-order valence-electron chi connectivity index (χ0n) is 23.3. The molecular formula is C29H30N6O9. The lowest BCUT2D eigenvalue weighted by Gasteiger charge is -2.28. The number of aromatic amines is 1. The third kappa shape index (κ3) is 8.17. The van der Waals surface area contributed by atoms with Gasteiger partial charge in [0.05, 0.1) is 17.4 Å². The van der Waals surface area contributed by atoms with Crippen LogP contribution in [0.5, 0.6) is 0 Å². The second-order valence-electron chi connectivity index (χ2n) is 9.75. The number of nitrogens with zero attached hydrogens (tertiary/aromatic N) is 3. The Morgan fingerprint density at radius 2 is 1.66 bits per heavy atom. The number of aromatic nitrogens is 2. The Hall–Kier alpha value is -5.75. The van der Waals surface area contributed by atoms with Crippen LogP contribution in [0.25, 0.3) is 10.9 Å². The van der Waals surface area contributed by atoms with Crippen molar-refractivity contribution in [1.82, 2.24) is 14.9 Å². The molecule has 8 N–H and O–H groups in total. The van der Waals surface area contributed by atoms with Crippen LogP contribution in [0.15, 0.2) is 47.3 Å². The van der Waals surface area contributed by atoms with Crippen LogP contribution in [0.2, 0.25) is 0 Å². The molecule has 230 valence electrons. The molecule has 3 rings (SSSR count). The molecule has 2 atom stereocenters. The second kappa shape index (κ2) is 14.4. The summed E-state index contributed by atoms with van der Waals surface area (Å²) in [5, 5.41) is 28.2. The smallest absolute Gasteiger partial charge is 0.326 e. The number of amides is 2. The molecular weight excluding hydrogens is 576 g/mol. The Labute approximate surface area is 250 Å². The van der Waals surface area contributed by atoms with Crippen molar-refractivity contribution in [1.29, 1.82) is 0 Å². The molecule has 0 aliphatic rings. The van der Waals surface area contributed by atoms with Gasteiger partial charge in [0.25, 0.3) is 11.5 Å². The molecule has 15 heteroatoms. The zero-order chi connectivity index (χ0) is 32.6. The van der Waals surface area contributed by atoms with E-state index in [1.54, 1.807) is 23.1 Å². The Morgan fingerprint density at radius 1 is 0.977 bits per heavy atom. The maximum Gasteiger partial charge on any atom is 0.326 e. The molecule has 1 heterocycles. The summed E-state index contributed by atoms with van der Waals surface area (Å²) < 4.78 is 0. The number of H-pyrrole nitrogens is 1. The predicted molar refractivity (Wildman–Crippen MR) is 157 cm³/mol. The summed E-state index contributed by atoms with van der Waals surface area (Å²) >= 11 is 0. The average molecular weight is 607 g/mol. The molecule has 44 heavy (non-hydrogen) atoms. The summed E-state index contributed by atoms with van der Waals surface area (Å²) in [4.78, 5) is 81.8. The number of benzene rings is 2. The van der Waals surface area contributed by atoms with E-state index in [0.717, 1.165) is 0 Å². The van der Waals surface area contributed by atoms with E-state index in [0.29, 0.717) is 27.1 Å². The van der Waals surface area contributed by atoms with E-state index in [2.05, 4.69) is 15.9 Å². The summed E-state index contributed by atoms with van der Waals surface area (Å²) in [6, 6.07) is 7.51. The molecule has 2 aromatic carbocycles. The van der Waals surface area contributed by atoms with Crippen molar-refractivity contribution in [3.63, 3.8) is 0 Å².